The summed E-state index contributed by atoms with van der Waals surface area (Å²) in [6.45, 7) is 0.583. The third-order valence-electron chi connectivity index (χ3n) is 3.74. The molecule has 0 saturated heterocycles. The molecule has 2 aromatic rings. The Morgan fingerprint density at radius 1 is 1.41 bits per heavy atom. The molecule has 7 nitrogen and oxygen atoms in total. The van der Waals surface area contributed by atoms with Crippen molar-refractivity contribution in [2.45, 2.75) is 31.6 Å². The predicted octanol–water partition coefficient (Wildman–Crippen LogP) is 0.586. The molecule has 0 bridgehead atoms. The molecule has 22 heavy (non-hydrogen) atoms. The highest BCUT2D eigenvalue weighted by Crippen LogP contribution is 2.24. The molecule has 116 valence electrons. The van der Waals surface area contributed by atoms with Gasteiger partial charge in [-0.25, -0.2) is 9.48 Å². The van der Waals surface area contributed by atoms with E-state index >= 15 is 0 Å². The molecule has 0 radical (unpaired) electrons. The summed E-state index contributed by atoms with van der Waals surface area (Å²) in [5.74, 6) is -0.314. The summed E-state index contributed by atoms with van der Waals surface area (Å²) in [6.07, 6.45) is 1.71. The Balaban J connectivity index is 1.42. The molecule has 0 spiro atoms. The second-order valence-electron chi connectivity index (χ2n) is 5.46. The molecule has 1 fully saturated rings. The van der Waals surface area contributed by atoms with Gasteiger partial charge in [-0.15, -0.1) is 5.10 Å². The molecule has 0 aliphatic heterocycles. The number of benzene rings is 1. The van der Waals surface area contributed by atoms with Crippen LogP contribution in [-0.4, -0.2) is 32.8 Å². The Morgan fingerprint density at radius 2 is 2.14 bits per heavy atom. The fraction of sp³-hybridized carbons (Fsp3) is 0.400. The fourth-order valence-electron chi connectivity index (χ4n) is 2.37. The monoisotopic (exact) mass is 302 g/mol. The van der Waals surface area contributed by atoms with Crippen molar-refractivity contribution in [1.29, 1.82) is 0 Å². The standard InChI is InChI=1S/C15H18N4O3/c1-19-15(21)17-13(18-19)14(20)16-11-7-12(8-11)22-9-10-5-3-2-4-6-10/h2-6,11-12H,7-9H2,1H3,(H,16,20)(H,17,18,21). The van der Waals surface area contributed by atoms with E-state index in [-0.39, 0.29) is 23.9 Å². The first-order valence-electron chi connectivity index (χ1n) is 7.21. The normalized spacial score (nSPS) is 20.4. The number of carbonyl (C=O) groups excluding carboxylic acids is 1. The minimum Gasteiger partial charge on any atom is -0.373 e. The first-order valence-corrected chi connectivity index (χ1v) is 7.21. The number of nitrogens with one attached hydrogen (secondary N) is 2. The smallest absolute Gasteiger partial charge is 0.343 e. The van der Waals surface area contributed by atoms with Crippen molar-refractivity contribution in [2.75, 3.05) is 0 Å². The van der Waals surface area contributed by atoms with E-state index in [2.05, 4.69) is 15.4 Å². The van der Waals surface area contributed by atoms with E-state index in [0.717, 1.165) is 23.1 Å². The largest absolute Gasteiger partial charge is 0.373 e. The Bertz CT molecular complexity index is 701. The lowest BCUT2D eigenvalue weighted by Gasteiger charge is -2.35. The Labute approximate surface area is 127 Å². The average molecular weight is 302 g/mol. The average Bonchev–Trinajstić information content (AvgIpc) is 2.82. The summed E-state index contributed by atoms with van der Waals surface area (Å²) >= 11 is 0. The van der Waals surface area contributed by atoms with Crippen molar-refractivity contribution >= 4 is 5.91 Å². The lowest BCUT2D eigenvalue weighted by atomic mass is 9.89. The highest BCUT2D eigenvalue weighted by Gasteiger charge is 2.31. The highest BCUT2D eigenvalue weighted by molar-refractivity contribution is 5.90. The summed E-state index contributed by atoms with van der Waals surface area (Å²) in [4.78, 5) is 25.5. The first-order chi connectivity index (χ1) is 10.6. The third kappa shape index (κ3) is 3.25. The van der Waals surface area contributed by atoms with Gasteiger partial charge in [0, 0.05) is 13.1 Å². The summed E-state index contributed by atoms with van der Waals surface area (Å²) in [7, 11) is 1.49. The van der Waals surface area contributed by atoms with E-state index < -0.39 is 5.69 Å². The van der Waals surface area contributed by atoms with Gasteiger partial charge in [-0.05, 0) is 18.4 Å². The van der Waals surface area contributed by atoms with Crippen molar-refractivity contribution in [2.24, 2.45) is 7.05 Å². The molecule has 0 unspecified atom stereocenters. The van der Waals surface area contributed by atoms with Crippen LogP contribution < -0.4 is 11.0 Å². The molecule has 1 saturated carbocycles. The van der Waals surface area contributed by atoms with Gasteiger partial charge in [-0.2, -0.15) is 0 Å². The maximum atomic E-state index is 11.9. The lowest BCUT2D eigenvalue weighted by molar-refractivity contribution is -0.0252. The van der Waals surface area contributed by atoms with Gasteiger partial charge in [-0.1, -0.05) is 30.3 Å². The molecule has 2 N–H and O–H groups in total. The van der Waals surface area contributed by atoms with Crippen LogP contribution in [0.5, 0.6) is 0 Å². The van der Waals surface area contributed by atoms with Crippen LogP contribution in [0, 0.1) is 0 Å². The van der Waals surface area contributed by atoms with E-state index in [1.807, 2.05) is 30.3 Å². The second-order valence-corrected chi connectivity index (χ2v) is 5.46. The van der Waals surface area contributed by atoms with Crippen LogP contribution in [0.1, 0.15) is 29.0 Å². The quantitative estimate of drug-likeness (QED) is 0.846. The van der Waals surface area contributed by atoms with Gasteiger partial charge in [-0.3, -0.25) is 9.78 Å². The number of ether oxygens (including phenoxy) is 1. The van der Waals surface area contributed by atoms with Crippen molar-refractivity contribution < 1.29 is 9.53 Å². The van der Waals surface area contributed by atoms with Crippen LogP contribution in [-0.2, 0) is 18.4 Å². The molecule has 1 aromatic heterocycles. The van der Waals surface area contributed by atoms with Gasteiger partial charge in [0.1, 0.15) is 0 Å². The number of rotatable bonds is 5. The topological polar surface area (TPSA) is 89.0 Å². The van der Waals surface area contributed by atoms with Crippen LogP contribution in [0.4, 0.5) is 0 Å². The van der Waals surface area contributed by atoms with Gasteiger partial charge >= 0.3 is 5.69 Å². The zero-order valence-corrected chi connectivity index (χ0v) is 12.3. The van der Waals surface area contributed by atoms with Crippen molar-refractivity contribution in [3.63, 3.8) is 0 Å². The van der Waals surface area contributed by atoms with E-state index in [4.69, 9.17) is 4.74 Å². The molecule has 1 aliphatic rings. The van der Waals surface area contributed by atoms with Crippen LogP contribution in [0.15, 0.2) is 35.1 Å². The number of amides is 1. The number of aromatic amines is 1. The maximum absolute atomic E-state index is 11.9. The SMILES string of the molecule is Cn1nc(C(=O)NC2CC(OCc3ccccc3)C2)[nH]c1=O. The number of hydrogen-bond acceptors (Lipinski definition) is 4. The molecule has 1 heterocycles. The number of H-pyrrole nitrogens is 1. The van der Waals surface area contributed by atoms with Gasteiger partial charge in [0.05, 0.1) is 12.7 Å². The number of hydrogen-bond donors (Lipinski definition) is 2. The second kappa shape index (κ2) is 6.15. The number of aryl methyl sites for hydroxylation is 1. The molecule has 3 rings (SSSR count). The Kier molecular flexibility index (Phi) is 4.06. The predicted molar refractivity (Wildman–Crippen MR) is 79.3 cm³/mol. The summed E-state index contributed by atoms with van der Waals surface area (Å²) in [5, 5.41) is 6.66. The van der Waals surface area contributed by atoms with Gasteiger partial charge in [0.2, 0.25) is 5.82 Å². The van der Waals surface area contributed by atoms with Crippen LogP contribution >= 0.6 is 0 Å². The first kappa shape index (κ1) is 14.5. The zero-order chi connectivity index (χ0) is 15.5. The van der Waals surface area contributed by atoms with Crippen molar-refractivity contribution in [3.8, 4) is 0 Å². The minimum atomic E-state index is -0.400. The van der Waals surface area contributed by atoms with Gasteiger partial charge < -0.3 is 10.1 Å². The molecule has 1 aliphatic carbocycles. The van der Waals surface area contributed by atoms with E-state index in [0.29, 0.717) is 6.61 Å². The molecule has 0 atom stereocenters. The highest BCUT2D eigenvalue weighted by atomic mass is 16.5. The Morgan fingerprint density at radius 3 is 2.77 bits per heavy atom. The van der Waals surface area contributed by atoms with E-state index in [1.54, 1.807) is 0 Å². The van der Waals surface area contributed by atoms with E-state index in [1.165, 1.54) is 7.05 Å². The molecule has 1 amide bonds. The van der Waals surface area contributed by atoms with Gasteiger partial charge in [0.15, 0.2) is 0 Å². The number of nitrogens with zero attached hydrogens (tertiary/aromatic N) is 2. The zero-order valence-electron chi connectivity index (χ0n) is 12.3. The van der Waals surface area contributed by atoms with Crippen molar-refractivity contribution in [1.82, 2.24) is 20.1 Å². The molecule has 7 heteroatoms. The number of aromatic nitrogens is 3. The fourth-order valence-corrected chi connectivity index (χ4v) is 2.37. The summed E-state index contributed by atoms with van der Waals surface area (Å²) < 4.78 is 6.87. The lowest BCUT2D eigenvalue weighted by Crippen LogP contribution is -2.48. The van der Waals surface area contributed by atoms with Crippen molar-refractivity contribution in [3.05, 3.63) is 52.2 Å². The minimum absolute atomic E-state index is 0.0427. The van der Waals surface area contributed by atoms with Crippen LogP contribution in [0.25, 0.3) is 0 Å². The maximum Gasteiger partial charge on any atom is 0.343 e. The van der Waals surface area contributed by atoms with Crippen LogP contribution in [0.2, 0.25) is 0 Å². The number of carbonyl (C=O) groups is 1. The third-order valence-corrected chi connectivity index (χ3v) is 3.74. The molecular weight excluding hydrogens is 284 g/mol. The van der Waals surface area contributed by atoms with E-state index in [9.17, 15) is 9.59 Å². The summed E-state index contributed by atoms with van der Waals surface area (Å²) in [6, 6.07) is 10.1. The summed E-state index contributed by atoms with van der Waals surface area (Å²) in [5.41, 5.74) is 0.740. The van der Waals surface area contributed by atoms with Crippen LogP contribution in [0.3, 0.4) is 0 Å². The Hall–Kier alpha value is -2.41. The molecular formula is C15H18N4O3. The molecule has 1 aromatic carbocycles. The van der Waals surface area contributed by atoms with Gasteiger partial charge in [0.25, 0.3) is 5.91 Å².